The first kappa shape index (κ1) is 17.8. The maximum atomic E-state index is 5.90. The molecule has 134 valence electrons. The van der Waals surface area contributed by atoms with E-state index in [2.05, 4.69) is 37.0 Å². The number of nitrogens with zero attached hydrogens (tertiary/aromatic N) is 5. The number of piperazine rings is 1. The smallest absolute Gasteiger partial charge is 0.228 e. The molecule has 0 amide bonds. The van der Waals surface area contributed by atoms with Crippen molar-refractivity contribution in [3.63, 3.8) is 0 Å². The maximum absolute atomic E-state index is 5.90. The number of nitrogens with one attached hydrogen (secondary N) is 1. The first-order chi connectivity index (χ1) is 12.1. The van der Waals surface area contributed by atoms with Crippen LogP contribution in [0.4, 0.5) is 11.9 Å². The summed E-state index contributed by atoms with van der Waals surface area (Å²) in [4.78, 5) is 17.8. The highest BCUT2D eigenvalue weighted by atomic mass is 35.5. The predicted octanol–water partition coefficient (Wildman–Crippen LogP) is 1.86. The molecule has 1 aliphatic rings. The summed E-state index contributed by atoms with van der Waals surface area (Å²) in [6.45, 7) is 8.80. The Morgan fingerprint density at radius 3 is 2.40 bits per heavy atom. The van der Waals surface area contributed by atoms with Gasteiger partial charge >= 0.3 is 0 Å². The highest BCUT2D eigenvalue weighted by molar-refractivity contribution is 6.30. The second-order valence-electron chi connectivity index (χ2n) is 6.12. The number of nitrogens with two attached hydrogens (primary N) is 1. The Kier molecular flexibility index (Phi) is 6.01. The Hall–Kier alpha value is -1.96. The molecule has 0 saturated carbocycles. The lowest BCUT2D eigenvalue weighted by Crippen LogP contribution is -2.45. The van der Waals surface area contributed by atoms with Gasteiger partial charge in [-0.15, -0.1) is 0 Å². The minimum Gasteiger partial charge on any atom is -0.368 e. The van der Waals surface area contributed by atoms with Crippen molar-refractivity contribution in [1.29, 1.82) is 0 Å². The second kappa shape index (κ2) is 8.42. The summed E-state index contributed by atoms with van der Waals surface area (Å²) in [5.41, 5.74) is 6.95. The van der Waals surface area contributed by atoms with E-state index >= 15 is 0 Å². The van der Waals surface area contributed by atoms with Gasteiger partial charge in [-0.2, -0.15) is 15.0 Å². The van der Waals surface area contributed by atoms with Gasteiger partial charge in [-0.05, 0) is 24.2 Å². The summed E-state index contributed by atoms with van der Waals surface area (Å²) in [5.74, 6) is 1.46. The zero-order valence-corrected chi connectivity index (χ0v) is 15.2. The average Bonchev–Trinajstić information content (AvgIpc) is 2.61. The van der Waals surface area contributed by atoms with E-state index in [1.54, 1.807) is 0 Å². The zero-order valence-electron chi connectivity index (χ0n) is 14.5. The van der Waals surface area contributed by atoms with Crippen LogP contribution in [0.3, 0.4) is 0 Å². The van der Waals surface area contributed by atoms with Crippen molar-refractivity contribution in [1.82, 2.24) is 24.8 Å². The normalized spacial score (nSPS) is 16.1. The lowest BCUT2D eigenvalue weighted by atomic mass is 10.2. The third-order valence-electron chi connectivity index (χ3n) is 4.34. The lowest BCUT2D eigenvalue weighted by Gasteiger charge is -2.33. The van der Waals surface area contributed by atoms with Gasteiger partial charge in [0, 0.05) is 37.7 Å². The molecule has 0 radical (unpaired) electrons. The van der Waals surface area contributed by atoms with Crippen molar-refractivity contribution in [2.75, 3.05) is 43.8 Å². The Morgan fingerprint density at radius 1 is 1.04 bits per heavy atom. The van der Waals surface area contributed by atoms with E-state index in [0.29, 0.717) is 24.9 Å². The summed E-state index contributed by atoms with van der Waals surface area (Å²) in [6, 6.07) is 7.66. The number of nitrogen functional groups attached to an aromatic ring is 1. The Bertz CT molecular complexity index is 684. The van der Waals surface area contributed by atoms with Crippen molar-refractivity contribution in [2.24, 2.45) is 0 Å². The average molecular weight is 362 g/mol. The van der Waals surface area contributed by atoms with Gasteiger partial charge in [0.2, 0.25) is 11.9 Å². The van der Waals surface area contributed by atoms with Crippen molar-refractivity contribution in [3.05, 3.63) is 40.7 Å². The fourth-order valence-electron chi connectivity index (χ4n) is 2.83. The fraction of sp³-hybridized carbons (Fsp3) is 0.471. The molecule has 1 aromatic carbocycles. The van der Waals surface area contributed by atoms with Crippen LogP contribution in [0.1, 0.15) is 18.3 Å². The molecule has 25 heavy (non-hydrogen) atoms. The lowest BCUT2D eigenvalue weighted by molar-refractivity contribution is 0.129. The number of rotatable bonds is 6. The molecule has 0 bridgehead atoms. The number of likely N-dealkylation sites (N-methyl/N-ethyl adjacent to an activating group) is 1. The number of anilines is 2. The molecule has 0 spiro atoms. The predicted molar refractivity (Wildman–Crippen MR) is 100 cm³/mol. The molecule has 1 saturated heterocycles. The van der Waals surface area contributed by atoms with E-state index in [0.717, 1.165) is 43.3 Å². The molecule has 1 fully saturated rings. The zero-order chi connectivity index (χ0) is 17.6. The highest BCUT2D eigenvalue weighted by Crippen LogP contribution is 2.12. The van der Waals surface area contributed by atoms with E-state index in [1.165, 1.54) is 0 Å². The largest absolute Gasteiger partial charge is 0.368 e. The van der Waals surface area contributed by atoms with Crippen LogP contribution in [0.5, 0.6) is 0 Å². The molecule has 3 N–H and O–H groups in total. The highest BCUT2D eigenvalue weighted by Gasteiger charge is 2.17. The summed E-state index contributed by atoms with van der Waals surface area (Å²) >= 11 is 5.90. The van der Waals surface area contributed by atoms with Gasteiger partial charge in [0.1, 0.15) is 5.82 Å². The molecule has 1 aromatic heterocycles. The molecule has 0 atom stereocenters. The van der Waals surface area contributed by atoms with Crippen LogP contribution in [-0.4, -0.2) is 57.5 Å². The SMILES string of the molecule is CCN1CCN(Cc2nc(N)nc(NCc3ccc(Cl)cc3)n2)CC1. The number of hydrogen-bond donors (Lipinski definition) is 2. The minimum atomic E-state index is 0.246. The molecule has 0 unspecified atom stereocenters. The monoisotopic (exact) mass is 361 g/mol. The van der Waals surface area contributed by atoms with E-state index in [1.807, 2.05) is 24.3 Å². The number of aromatic nitrogens is 3. The van der Waals surface area contributed by atoms with Crippen LogP contribution in [0, 0.1) is 0 Å². The molecule has 3 rings (SSSR count). The minimum absolute atomic E-state index is 0.246. The van der Waals surface area contributed by atoms with Gasteiger partial charge in [0.25, 0.3) is 0 Å². The van der Waals surface area contributed by atoms with Gasteiger partial charge in [-0.3, -0.25) is 4.90 Å². The van der Waals surface area contributed by atoms with Crippen LogP contribution in [-0.2, 0) is 13.1 Å². The standard InChI is InChI=1S/C17H24ClN7/c1-2-24-7-9-25(10-8-24)12-15-21-16(19)23-17(22-15)20-11-13-3-5-14(18)6-4-13/h3-6H,2,7-12H2,1H3,(H3,19,20,21,22,23). The first-order valence-electron chi connectivity index (χ1n) is 8.56. The summed E-state index contributed by atoms with van der Waals surface area (Å²) in [7, 11) is 0. The molecule has 1 aliphatic heterocycles. The Balaban J connectivity index is 1.59. The Morgan fingerprint density at radius 2 is 1.72 bits per heavy atom. The second-order valence-corrected chi connectivity index (χ2v) is 6.56. The molecule has 0 aliphatic carbocycles. The van der Waals surface area contributed by atoms with Crippen molar-refractivity contribution >= 4 is 23.5 Å². The van der Waals surface area contributed by atoms with Crippen LogP contribution in [0.15, 0.2) is 24.3 Å². The van der Waals surface area contributed by atoms with E-state index in [9.17, 15) is 0 Å². The molecule has 7 nitrogen and oxygen atoms in total. The topological polar surface area (TPSA) is 83.2 Å². The van der Waals surface area contributed by atoms with Crippen molar-refractivity contribution in [3.8, 4) is 0 Å². The van der Waals surface area contributed by atoms with Crippen LogP contribution >= 0.6 is 11.6 Å². The van der Waals surface area contributed by atoms with Crippen LogP contribution < -0.4 is 11.1 Å². The fourth-order valence-corrected chi connectivity index (χ4v) is 2.96. The van der Waals surface area contributed by atoms with Crippen LogP contribution in [0.25, 0.3) is 0 Å². The van der Waals surface area contributed by atoms with Crippen LogP contribution in [0.2, 0.25) is 5.02 Å². The number of halogens is 1. The molecule has 2 heterocycles. The summed E-state index contributed by atoms with van der Waals surface area (Å²) < 4.78 is 0. The summed E-state index contributed by atoms with van der Waals surface area (Å²) in [6.07, 6.45) is 0. The van der Waals surface area contributed by atoms with Gasteiger partial charge in [-0.1, -0.05) is 30.7 Å². The quantitative estimate of drug-likeness (QED) is 0.812. The number of hydrogen-bond acceptors (Lipinski definition) is 7. The molecule has 8 heteroatoms. The summed E-state index contributed by atoms with van der Waals surface area (Å²) in [5, 5.41) is 3.92. The molecular formula is C17H24ClN7. The van der Waals surface area contributed by atoms with Gasteiger partial charge in [0.15, 0.2) is 0 Å². The number of benzene rings is 1. The van der Waals surface area contributed by atoms with E-state index < -0.39 is 0 Å². The van der Waals surface area contributed by atoms with Gasteiger partial charge in [-0.25, -0.2) is 0 Å². The van der Waals surface area contributed by atoms with Gasteiger partial charge < -0.3 is 16.0 Å². The molecule has 2 aromatic rings. The maximum Gasteiger partial charge on any atom is 0.228 e. The third-order valence-corrected chi connectivity index (χ3v) is 4.59. The first-order valence-corrected chi connectivity index (χ1v) is 8.93. The van der Waals surface area contributed by atoms with E-state index in [-0.39, 0.29) is 5.95 Å². The van der Waals surface area contributed by atoms with Gasteiger partial charge in [0.05, 0.1) is 6.54 Å². The third kappa shape index (κ3) is 5.26. The van der Waals surface area contributed by atoms with Crippen molar-refractivity contribution < 1.29 is 0 Å². The Labute approximate surface area is 153 Å². The molecular weight excluding hydrogens is 338 g/mol. The van der Waals surface area contributed by atoms with Crippen molar-refractivity contribution in [2.45, 2.75) is 20.0 Å². The van der Waals surface area contributed by atoms with E-state index in [4.69, 9.17) is 17.3 Å².